The SMILES string of the molecule is C=C1/C(=C\C=C2/CCC[C@@]3(C)C2CC[C@@H]3[C@H](C)CCCC(C)C)C[C@@H](O)C(O)C1O. The van der Waals surface area contributed by atoms with E-state index in [0.717, 1.165) is 29.7 Å². The number of allylic oxidation sites excluding steroid dienone is 3. The first kappa shape index (κ1) is 23.8. The standard InChI is InChI=1S/C27H44O3/c1-17(2)8-6-9-18(3)22-13-14-23-20(10-7-15-27(22,23)5)11-12-21-16-24(28)26(30)25(29)19(21)4/h11-12,17-18,22-26,28-30H,4,6-10,13-16H2,1-3,5H3/b20-11+,21-12-/t18-,22-,23?,24-,25?,26?,27-/m1/s1. The molecule has 0 aromatic heterocycles. The Labute approximate surface area is 184 Å². The molecule has 3 N–H and O–H groups in total. The Balaban J connectivity index is 1.72. The van der Waals surface area contributed by atoms with Gasteiger partial charge in [-0.25, -0.2) is 0 Å². The maximum absolute atomic E-state index is 10.1. The maximum Gasteiger partial charge on any atom is 0.110 e. The van der Waals surface area contributed by atoms with Gasteiger partial charge in [0.2, 0.25) is 0 Å². The molecule has 3 aliphatic carbocycles. The zero-order valence-electron chi connectivity index (χ0n) is 19.6. The van der Waals surface area contributed by atoms with Gasteiger partial charge in [-0.2, -0.15) is 0 Å². The van der Waals surface area contributed by atoms with Crippen LogP contribution in [-0.2, 0) is 0 Å². The third-order valence-corrected chi connectivity index (χ3v) is 8.58. The molecule has 3 aliphatic rings. The normalized spacial score (nSPS) is 40.9. The molecule has 170 valence electrons. The third-order valence-electron chi connectivity index (χ3n) is 8.58. The summed E-state index contributed by atoms with van der Waals surface area (Å²) in [5, 5.41) is 30.1. The fourth-order valence-corrected chi connectivity index (χ4v) is 6.73. The molecule has 0 heterocycles. The molecule has 0 spiro atoms. The Kier molecular flexibility index (Phi) is 7.69. The lowest BCUT2D eigenvalue weighted by atomic mass is 9.60. The van der Waals surface area contributed by atoms with E-state index in [4.69, 9.17) is 0 Å². The minimum absolute atomic E-state index is 0.359. The topological polar surface area (TPSA) is 60.7 Å². The van der Waals surface area contributed by atoms with Gasteiger partial charge in [0.05, 0.1) is 6.10 Å². The molecular weight excluding hydrogens is 372 g/mol. The molecule has 0 radical (unpaired) electrons. The van der Waals surface area contributed by atoms with Gasteiger partial charge in [-0.3, -0.25) is 0 Å². The number of aliphatic hydroxyl groups excluding tert-OH is 3. The van der Waals surface area contributed by atoms with Crippen LogP contribution in [0.3, 0.4) is 0 Å². The molecule has 0 bridgehead atoms. The average Bonchev–Trinajstić information content (AvgIpc) is 3.05. The van der Waals surface area contributed by atoms with Gasteiger partial charge in [-0.1, -0.05) is 71.3 Å². The summed E-state index contributed by atoms with van der Waals surface area (Å²) in [6.07, 6.45) is 12.0. The molecule has 7 atom stereocenters. The summed E-state index contributed by atoms with van der Waals surface area (Å²) >= 11 is 0. The van der Waals surface area contributed by atoms with Crippen LogP contribution in [0.2, 0.25) is 0 Å². The van der Waals surface area contributed by atoms with Crippen molar-refractivity contribution in [3.8, 4) is 0 Å². The Hall–Kier alpha value is -0.900. The lowest BCUT2D eigenvalue weighted by molar-refractivity contribution is -0.0530. The summed E-state index contributed by atoms with van der Waals surface area (Å²) < 4.78 is 0. The van der Waals surface area contributed by atoms with Crippen LogP contribution in [0, 0.1) is 29.1 Å². The molecular formula is C27H44O3. The maximum atomic E-state index is 10.1. The quantitative estimate of drug-likeness (QED) is 0.531. The van der Waals surface area contributed by atoms with Crippen LogP contribution in [0.15, 0.2) is 35.5 Å². The van der Waals surface area contributed by atoms with Gasteiger partial charge in [0.25, 0.3) is 0 Å². The summed E-state index contributed by atoms with van der Waals surface area (Å²) in [7, 11) is 0. The number of fused-ring (bicyclic) bond motifs is 1. The van der Waals surface area contributed by atoms with Crippen LogP contribution < -0.4 is 0 Å². The predicted molar refractivity (Wildman–Crippen MR) is 124 cm³/mol. The summed E-state index contributed by atoms with van der Waals surface area (Å²) in [5.74, 6) is 3.06. The van der Waals surface area contributed by atoms with Crippen LogP contribution >= 0.6 is 0 Å². The van der Waals surface area contributed by atoms with Crippen molar-refractivity contribution in [2.45, 2.75) is 104 Å². The first-order valence-electron chi connectivity index (χ1n) is 12.3. The van der Waals surface area contributed by atoms with Crippen LogP contribution in [-0.4, -0.2) is 33.6 Å². The van der Waals surface area contributed by atoms with E-state index in [1.54, 1.807) is 0 Å². The largest absolute Gasteiger partial charge is 0.390 e. The summed E-state index contributed by atoms with van der Waals surface area (Å²) in [6, 6.07) is 0. The van der Waals surface area contributed by atoms with E-state index in [-0.39, 0.29) is 0 Å². The summed E-state index contributed by atoms with van der Waals surface area (Å²) in [4.78, 5) is 0. The number of hydrogen-bond donors (Lipinski definition) is 3. The van der Waals surface area contributed by atoms with Crippen LogP contribution in [0.1, 0.15) is 85.5 Å². The Morgan fingerprint density at radius 1 is 1.10 bits per heavy atom. The minimum atomic E-state index is -1.13. The number of rotatable bonds is 6. The van der Waals surface area contributed by atoms with Gasteiger partial charge < -0.3 is 15.3 Å². The molecule has 3 nitrogen and oxygen atoms in total. The van der Waals surface area contributed by atoms with Crippen molar-refractivity contribution >= 4 is 0 Å². The summed E-state index contributed by atoms with van der Waals surface area (Å²) in [5.41, 5.74) is 3.36. The van der Waals surface area contributed by atoms with Gasteiger partial charge in [0.15, 0.2) is 0 Å². The second-order valence-corrected chi connectivity index (χ2v) is 11.1. The van der Waals surface area contributed by atoms with Gasteiger partial charge in [-0.15, -0.1) is 0 Å². The number of hydrogen-bond acceptors (Lipinski definition) is 3. The third kappa shape index (κ3) is 4.79. The Morgan fingerprint density at radius 3 is 2.53 bits per heavy atom. The Morgan fingerprint density at radius 2 is 1.83 bits per heavy atom. The lowest BCUT2D eigenvalue weighted by Gasteiger charge is -2.44. The van der Waals surface area contributed by atoms with Gasteiger partial charge >= 0.3 is 0 Å². The molecule has 3 fully saturated rings. The lowest BCUT2D eigenvalue weighted by Crippen LogP contribution is -2.43. The van der Waals surface area contributed by atoms with Crippen LogP contribution in [0.4, 0.5) is 0 Å². The summed E-state index contributed by atoms with van der Waals surface area (Å²) in [6.45, 7) is 13.6. The van der Waals surface area contributed by atoms with Crippen molar-refractivity contribution in [2.24, 2.45) is 29.1 Å². The fourth-order valence-electron chi connectivity index (χ4n) is 6.73. The number of aliphatic hydroxyl groups is 3. The molecule has 3 heteroatoms. The highest BCUT2D eigenvalue weighted by Crippen LogP contribution is 2.59. The first-order chi connectivity index (χ1) is 14.1. The molecule has 0 aliphatic heterocycles. The molecule has 3 saturated carbocycles. The highest BCUT2D eigenvalue weighted by molar-refractivity contribution is 5.40. The fraction of sp³-hybridized carbons (Fsp3) is 0.778. The minimum Gasteiger partial charge on any atom is -0.390 e. The van der Waals surface area contributed by atoms with Gasteiger partial charge in [-0.05, 0) is 72.3 Å². The van der Waals surface area contributed by atoms with E-state index in [1.807, 2.05) is 0 Å². The average molecular weight is 417 g/mol. The molecule has 0 amide bonds. The second-order valence-electron chi connectivity index (χ2n) is 11.1. The second kappa shape index (κ2) is 9.71. The van der Waals surface area contributed by atoms with E-state index in [0.29, 0.717) is 23.3 Å². The van der Waals surface area contributed by atoms with E-state index in [2.05, 4.69) is 46.4 Å². The zero-order chi connectivity index (χ0) is 22.1. The first-order valence-corrected chi connectivity index (χ1v) is 12.3. The van der Waals surface area contributed by atoms with E-state index in [9.17, 15) is 15.3 Å². The predicted octanol–water partition coefficient (Wildman–Crippen LogP) is 5.56. The monoisotopic (exact) mass is 416 g/mol. The molecule has 0 aromatic carbocycles. The van der Waals surface area contributed by atoms with E-state index >= 15 is 0 Å². The van der Waals surface area contributed by atoms with Crippen LogP contribution in [0.5, 0.6) is 0 Å². The molecule has 3 unspecified atom stereocenters. The van der Waals surface area contributed by atoms with Crippen molar-refractivity contribution < 1.29 is 15.3 Å². The highest BCUT2D eigenvalue weighted by Gasteiger charge is 2.50. The van der Waals surface area contributed by atoms with Crippen molar-refractivity contribution in [2.75, 3.05) is 0 Å². The van der Waals surface area contributed by atoms with E-state index < -0.39 is 18.3 Å². The van der Waals surface area contributed by atoms with Gasteiger partial charge in [0.1, 0.15) is 12.2 Å². The highest BCUT2D eigenvalue weighted by atomic mass is 16.4. The van der Waals surface area contributed by atoms with Crippen molar-refractivity contribution in [3.05, 3.63) is 35.5 Å². The van der Waals surface area contributed by atoms with Gasteiger partial charge in [0, 0.05) is 6.42 Å². The molecule has 0 saturated heterocycles. The molecule has 3 rings (SSSR count). The molecule has 30 heavy (non-hydrogen) atoms. The van der Waals surface area contributed by atoms with Crippen LogP contribution in [0.25, 0.3) is 0 Å². The Bertz CT molecular complexity index is 676. The van der Waals surface area contributed by atoms with Crippen molar-refractivity contribution in [3.63, 3.8) is 0 Å². The van der Waals surface area contributed by atoms with Crippen molar-refractivity contribution in [1.82, 2.24) is 0 Å². The smallest absolute Gasteiger partial charge is 0.110 e. The van der Waals surface area contributed by atoms with E-state index in [1.165, 1.54) is 50.5 Å². The molecule has 0 aromatic rings. The zero-order valence-corrected chi connectivity index (χ0v) is 19.6. The van der Waals surface area contributed by atoms with Crippen molar-refractivity contribution in [1.29, 1.82) is 0 Å².